The molecule has 2 heterocycles. The average Bonchev–Trinajstić information content (AvgIpc) is 3.12. The van der Waals surface area contributed by atoms with Crippen LogP contribution in [0.25, 0.3) is 0 Å². The zero-order valence-electron chi connectivity index (χ0n) is 17.7. The van der Waals surface area contributed by atoms with Crippen LogP contribution >= 0.6 is 23.0 Å². The van der Waals surface area contributed by atoms with Crippen molar-refractivity contribution in [3.05, 3.63) is 0 Å². The van der Waals surface area contributed by atoms with Gasteiger partial charge in [-0.2, -0.15) is 0 Å². The Morgan fingerprint density at radius 2 is 1.78 bits per heavy atom. The van der Waals surface area contributed by atoms with Crippen LogP contribution in [0.3, 0.4) is 0 Å². The van der Waals surface area contributed by atoms with Crippen LogP contribution in [0.15, 0.2) is 0 Å². The average molecular weight is 500 g/mol. The number of hydrogen-bond acceptors (Lipinski definition) is 5. The smallest absolute Gasteiger partial charge is 0.114 e. The Balaban J connectivity index is 2.01. The molecule has 160 valence electrons. The van der Waals surface area contributed by atoms with E-state index < -0.39 is 6.17 Å². The summed E-state index contributed by atoms with van der Waals surface area (Å²) >= 11 is 2.02. The fourth-order valence-corrected chi connectivity index (χ4v) is 5.26. The first kappa shape index (κ1) is 23.7. The van der Waals surface area contributed by atoms with Crippen molar-refractivity contribution >= 4 is 23.0 Å². The molecule has 0 aliphatic carbocycles. The van der Waals surface area contributed by atoms with E-state index in [1.54, 1.807) is 0 Å². The molecule has 0 amide bonds. The van der Waals surface area contributed by atoms with E-state index in [0.29, 0.717) is 13.0 Å². The maximum absolute atomic E-state index is 13.9. The molecule has 0 radical (unpaired) electrons. The summed E-state index contributed by atoms with van der Waals surface area (Å²) in [5, 5.41) is 0. The van der Waals surface area contributed by atoms with Crippen LogP contribution in [0.5, 0.6) is 0 Å². The van der Waals surface area contributed by atoms with Crippen molar-refractivity contribution in [2.75, 3.05) is 26.7 Å². The van der Waals surface area contributed by atoms with Gasteiger partial charge in [0.05, 0.1) is 36.6 Å². The second-order valence-electron chi connectivity index (χ2n) is 8.68. The van der Waals surface area contributed by atoms with Crippen molar-refractivity contribution in [3.8, 4) is 0 Å². The highest BCUT2D eigenvalue weighted by atomic mass is 127. The van der Waals surface area contributed by atoms with Crippen LogP contribution in [0.4, 0.5) is 4.39 Å². The lowest BCUT2D eigenvalue weighted by atomic mass is 10.0. The van der Waals surface area contributed by atoms with Gasteiger partial charge in [0, 0.05) is 25.7 Å². The highest BCUT2D eigenvalue weighted by Crippen LogP contribution is 2.30. The van der Waals surface area contributed by atoms with Crippen LogP contribution in [-0.2, 0) is 12.5 Å². The molecule has 5 nitrogen and oxygen atoms in total. The SMILES string of the molecule is CC(C)O[C@@H](C)[C@@H]1[C@H](OI)CCN1CC[C@H](OC(C)C)[C@@H]1C[C@H](F)CN1C. The lowest BCUT2D eigenvalue weighted by Crippen LogP contribution is -2.47. The Labute approximate surface area is 179 Å². The van der Waals surface area contributed by atoms with Gasteiger partial charge in [0.1, 0.15) is 29.2 Å². The van der Waals surface area contributed by atoms with Crippen molar-refractivity contribution in [2.45, 2.75) is 103 Å². The Kier molecular flexibility index (Phi) is 9.68. The molecule has 0 aromatic rings. The van der Waals surface area contributed by atoms with Crippen LogP contribution in [-0.4, -0.2) is 85.3 Å². The molecule has 2 rings (SSSR count). The van der Waals surface area contributed by atoms with E-state index in [-0.39, 0.29) is 42.6 Å². The van der Waals surface area contributed by atoms with Gasteiger partial charge in [-0.1, -0.05) is 0 Å². The molecule has 0 N–H and O–H groups in total. The Bertz CT molecular complexity index is 443. The first-order valence-electron chi connectivity index (χ1n) is 10.4. The molecule has 0 aromatic carbocycles. The summed E-state index contributed by atoms with van der Waals surface area (Å²) in [6.45, 7) is 12.9. The lowest BCUT2D eigenvalue weighted by molar-refractivity contribution is -0.0575. The highest BCUT2D eigenvalue weighted by molar-refractivity contribution is 14.1. The number of ether oxygens (including phenoxy) is 2. The summed E-state index contributed by atoms with van der Waals surface area (Å²) in [6, 6.07) is 0.406. The zero-order valence-corrected chi connectivity index (χ0v) is 19.9. The van der Waals surface area contributed by atoms with Gasteiger partial charge >= 0.3 is 0 Å². The van der Waals surface area contributed by atoms with Gasteiger partial charge in [0.15, 0.2) is 0 Å². The zero-order chi connectivity index (χ0) is 20.1. The van der Waals surface area contributed by atoms with Crippen LogP contribution < -0.4 is 0 Å². The minimum Gasteiger partial charge on any atom is -0.374 e. The second-order valence-corrected chi connectivity index (χ2v) is 9.19. The molecule has 0 bridgehead atoms. The number of alkyl halides is 1. The third kappa shape index (κ3) is 6.74. The predicted molar refractivity (Wildman–Crippen MR) is 115 cm³/mol. The van der Waals surface area contributed by atoms with Crippen molar-refractivity contribution in [1.29, 1.82) is 0 Å². The summed E-state index contributed by atoms with van der Waals surface area (Å²) in [5.41, 5.74) is 0. The largest absolute Gasteiger partial charge is 0.374 e. The van der Waals surface area contributed by atoms with E-state index in [9.17, 15) is 4.39 Å². The molecule has 0 unspecified atom stereocenters. The van der Waals surface area contributed by atoms with Crippen molar-refractivity contribution < 1.29 is 16.9 Å². The standard InChI is InChI=1S/C20H38FIN2O3/c1-13(2)25-15(5)20-19(27-22)8-10-24(20)9-7-18(26-14(3)4)17-11-16(21)12-23(17)6/h13-20H,7-12H2,1-6H3/t15-,16-,17-,18-,19+,20+/m0/s1. The quantitative estimate of drug-likeness (QED) is 0.426. The molecule has 0 aromatic heterocycles. The molecule has 7 heteroatoms. The number of nitrogens with zero attached hydrogens (tertiary/aromatic N) is 2. The van der Waals surface area contributed by atoms with Gasteiger partial charge in [-0.05, 0) is 60.9 Å². The van der Waals surface area contributed by atoms with Gasteiger partial charge in [-0.15, -0.1) is 0 Å². The predicted octanol–water partition coefficient (Wildman–Crippen LogP) is 3.84. The molecule has 2 fully saturated rings. The summed E-state index contributed by atoms with van der Waals surface area (Å²) in [4.78, 5) is 4.61. The summed E-state index contributed by atoms with van der Waals surface area (Å²) in [5.74, 6) is 0. The maximum atomic E-state index is 13.9. The number of hydrogen-bond donors (Lipinski definition) is 0. The van der Waals surface area contributed by atoms with Gasteiger partial charge in [0.2, 0.25) is 0 Å². The third-order valence-corrected chi connectivity index (χ3v) is 6.37. The van der Waals surface area contributed by atoms with Crippen LogP contribution in [0, 0.1) is 0 Å². The summed E-state index contributed by atoms with van der Waals surface area (Å²) in [6.07, 6.45) is 2.45. The first-order chi connectivity index (χ1) is 12.7. The van der Waals surface area contributed by atoms with E-state index in [0.717, 1.165) is 25.9 Å². The van der Waals surface area contributed by atoms with Crippen LogP contribution in [0.1, 0.15) is 53.9 Å². The van der Waals surface area contributed by atoms with Gasteiger partial charge in [0.25, 0.3) is 0 Å². The molecular formula is C20H38FIN2O3. The van der Waals surface area contributed by atoms with E-state index >= 15 is 0 Å². The molecular weight excluding hydrogens is 462 g/mol. The fraction of sp³-hybridized carbons (Fsp3) is 1.00. The Morgan fingerprint density at radius 3 is 2.30 bits per heavy atom. The first-order valence-corrected chi connectivity index (χ1v) is 11.3. The van der Waals surface area contributed by atoms with E-state index in [2.05, 4.69) is 44.4 Å². The summed E-state index contributed by atoms with van der Waals surface area (Å²) in [7, 11) is 2.01. The van der Waals surface area contributed by atoms with Crippen LogP contribution in [0.2, 0.25) is 0 Å². The number of likely N-dealkylation sites (N-methyl/N-ethyl adjacent to an activating group) is 1. The van der Waals surface area contributed by atoms with Gasteiger partial charge < -0.3 is 12.5 Å². The molecule has 2 saturated heterocycles. The minimum atomic E-state index is -0.742. The fourth-order valence-electron chi connectivity index (χ4n) is 4.71. The van der Waals surface area contributed by atoms with Gasteiger partial charge in [-0.3, -0.25) is 9.80 Å². The Morgan fingerprint density at radius 1 is 1.11 bits per heavy atom. The van der Waals surface area contributed by atoms with Gasteiger partial charge in [-0.25, -0.2) is 4.39 Å². The van der Waals surface area contributed by atoms with E-state index in [4.69, 9.17) is 12.5 Å². The van der Waals surface area contributed by atoms with Crippen molar-refractivity contribution in [2.24, 2.45) is 0 Å². The monoisotopic (exact) mass is 500 g/mol. The number of halogens is 2. The molecule has 2 aliphatic rings. The van der Waals surface area contributed by atoms with Crippen molar-refractivity contribution in [3.63, 3.8) is 0 Å². The second kappa shape index (κ2) is 11.0. The normalized spacial score (nSPS) is 32.7. The molecule has 2 aliphatic heterocycles. The van der Waals surface area contributed by atoms with E-state index in [1.165, 1.54) is 0 Å². The van der Waals surface area contributed by atoms with E-state index in [1.807, 2.05) is 30.1 Å². The highest BCUT2D eigenvalue weighted by Gasteiger charge is 2.41. The minimum absolute atomic E-state index is 0.0530. The maximum Gasteiger partial charge on any atom is 0.114 e. The Hall–Kier alpha value is 0.460. The molecule has 27 heavy (non-hydrogen) atoms. The lowest BCUT2D eigenvalue weighted by Gasteiger charge is -2.35. The van der Waals surface area contributed by atoms with Crippen molar-refractivity contribution in [1.82, 2.24) is 9.80 Å². The third-order valence-electron chi connectivity index (χ3n) is 5.71. The number of rotatable bonds is 10. The summed E-state index contributed by atoms with van der Waals surface area (Å²) < 4.78 is 31.9. The number of likely N-dealkylation sites (tertiary alicyclic amines) is 2. The molecule has 6 atom stereocenters. The molecule has 0 spiro atoms. The topological polar surface area (TPSA) is 34.2 Å². The molecule has 0 saturated carbocycles.